The van der Waals surface area contributed by atoms with Crippen LogP contribution in [0.3, 0.4) is 0 Å². The van der Waals surface area contributed by atoms with Crippen molar-refractivity contribution < 1.29 is 23.9 Å². The summed E-state index contributed by atoms with van der Waals surface area (Å²) in [5.74, 6) is 0.318. The lowest BCUT2D eigenvalue weighted by Crippen LogP contribution is -2.43. The summed E-state index contributed by atoms with van der Waals surface area (Å²) in [6.07, 6.45) is 0. The van der Waals surface area contributed by atoms with Crippen LogP contribution < -0.4 is 20.1 Å². The third-order valence-corrected chi connectivity index (χ3v) is 4.85. The van der Waals surface area contributed by atoms with Gasteiger partial charge in [0, 0.05) is 6.54 Å². The van der Waals surface area contributed by atoms with E-state index < -0.39 is 23.4 Å². The number of nitrogens with zero attached hydrogens (tertiary/aromatic N) is 1. The van der Waals surface area contributed by atoms with Gasteiger partial charge < -0.3 is 20.1 Å². The average molecular weight is 397 g/mol. The van der Waals surface area contributed by atoms with E-state index in [1.54, 1.807) is 50.4 Å². The molecule has 3 rings (SSSR count). The first-order chi connectivity index (χ1) is 13.9. The van der Waals surface area contributed by atoms with Crippen LogP contribution in [0.5, 0.6) is 11.5 Å². The normalized spacial score (nSPS) is 18.4. The number of carbonyl (C=O) groups excluding carboxylic acids is 3. The summed E-state index contributed by atoms with van der Waals surface area (Å²) in [6, 6.07) is 13.6. The van der Waals surface area contributed by atoms with Crippen molar-refractivity contribution in [2.24, 2.45) is 0 Å². The van der Waals surface area contributed by atoms with Gasteiger partial charge >= 0.3 is 6.03 Å². The Labute approximate surface area is 168 Å². The van der Waals surface area contributed by atoms with Gasteiger partial charge in [0.05, 0.1) is 14.2 Å². The van der Waals surface area contributed by atoms with Gasteiger partial charge in [0.2, 0.25) is 5.91 Å². The largest absolute Gasteiger partial charge is 0.497 e. The summed E-state index contributed by atoms with van der Waals surface area (Å²) in [7, 11) is 3.09. The predicted molar refractivity (Wildman–Crippen MR) is 105 cm³/mol. The Morgan fingerprint density at radius 3 is 2.41 bits per heavy atom. The summed E-state index contributed by atoms with van der Waals surface area (Å²) in [5, 5.41) is 5.39. The monoisotopic (exact) mass is 397 g/mol. The summed E-state index contributed by atoms with van der Waals surface area (Å²) in [6.45, 7) is 1.50. The number of ether oxygens (including phenoxy) is 2. The van der Waals surface area contributed by atoms with E-state index in [0.29, 0.717) is 17.1 Å². The summed E-state index contributed by atoms with van der Waals surface area (Å²) in [4.78, 5) is 38.6. The van der Waals surface area contributed by atoms with E-state index in [1.807, 2.05) is 12.1 Å². The van der Waals surface area contributed by atoms with E-state index >= 15 is 0 Å². The molecule has 0 radical (unpaired) electrons. The van der Waals surface area contributed by atoms with Gasteiger partial charge in [-0.25, -0.2) is 4.79 Å². The van der Waals surface area contributed by atoms with Gasteiger partial charge in [-0.05, 0) is 42.3 Å². The molecular weight excluding hydrogens is 374 g/mol. The quantitative estimate of drug-likeness (QED) is 0.695. The molecule has 0 aromatic heterocycles. The summed E-state index contributed by atoms with van der Waals surface area (Å²) < 4.78 is 10.3. The molecule has 1 saturated heterocycles. The van der Waals surface area contributed by atoms with E-state index in [1.165, 1.54) is 7.11 Å². The molecule has 0 saturated carbocycles. The molecule has 4 amide bonds. The predicted octanol–water partition coefficient (Wildman–Crippen LogP) is 1.79. The van der Waals surface area contributed by atoms with E-state index in [9.17, 15) is 14.4 Å². The minimum Gasteiger partial charge on any atom is -0.497 e. The highest BCUT2D eigenvalue weighted by Gasteiger charge is 2.49. The number of hydrogen-bond acceptors (Lipinski definition) is 5. The van der Waals surface area contributed by atoms with Crippen LogP contribution in [0.25, 0.3) is 0 Å². The lowest BCUT2D eigenvalue weighted by molar-refractivity contribution is -0.134. The number of carbonyl (C=O) groups is 3. The minimum absolute atomic E-state index is 0.257. The van der Waals surface area contributed by atoms with E-state index in [4.69, 9.17) is 9.47 Å². The number of nitrogens with one attached hydrogen (secondary N) is 2. The van der Waals surface area contributed by atoms with Gasteiger partial charge in [0.25, 0.3) is 5.91 Å². The molecule has 0 unspecified atom stereocenters. The van der Waals surface area contributed by atoms with Crippen LogP contribution in [0.4, 0.5) is 4.79 Å². The molecule has 152 valence electrons. The highest BCUT2D eigenvalue weighted by atomic mass is 16.5. The van der Waals surface area contributed by atoms with Crippen molar-refractivity contribution in [2.75, 3.05) is 20.8 Å². The Morgan fingerprint density at radius 1 is 1.07 bits per heavy atom. The second-order valence-electron chi connectivity index (χ2n) is 6.81. The standard InChI is InChI=1S/C21H23N3O5/c1-21(15-7-5-9-17(11-15)29-3)19(26)24(20(27)23-21)13-18(25)22-12-14-6-4-8-16(10-14)28-2/h4-11H,12-13H2,1-3H3,(H,22,25)(H,23,27)/t21-/m0/s1. The zero-order valence-corrected chi connectivity index (χ0v) is 16.5. The second kappa shape index (κ2) is 8.22. The summed E-state index contributed by atoms with van der Waals surface area (Å²) >= 11 is 0. The molecule has 0 aliphatic carbocycles. The fraction of sp³-hybridized carbons (Fsp3) is 0.286. The zero-order valence-electron chi connectivity index (χ0n) is 16.5. The fourth-order valence-electron chi connectivity index (χ4n) is 3.15. The Morgan fingerprint density at radius 2 is 1.72 bits per heavy atom. The van der Waals surface area contributed by atoms with Crippen molar-refractivity contribution in [3.63, 3.8) is 0 Å². The smallest absolute Gasteiger partial charge is 0.325 e. The summed E-state index contributed by atoms with van der Waals surface area (Å²) in [5.41, 5.74) is 0.157. The second-order valence-corrected chi connectivity index (χ2v) is 6.81. The molecule has 8 heteroatoms. The molecule has 2 N–H and O–H groups in total. The van der Waals surface area contributed by atoms with Crippen LogP contribution in [0.1, 0.15) is 18.1 Å². The van der Waals surface area contributed by atoms with Gasteiger partial charge in [-0.2, -0.15) is 0 Å². The highest BCUT2D eigenvalue weighted by Crippen LogP contribution is 2.30. The third-order valence-electron chi connectivity index (χ3n) is 4.85. The number of benzene rings is 2. The number of imide groups is 1. The topological polar surface area (TPSA) is 97.0 Å². The third kappa shape index (κ3) is 4.16. The van der Waals surface area contributed by atoms with Crippen LogP contribution in [0.2, 0.25) is 0 Å². The van der Waals surface area contributed by atoms with E-state index in [0.717, 1.165) is 10.5 Å². The van der Waals surface area contributed by atoms with Crippen molar-refractivity contribution in [3.8, 4) is 11.5 Å². The van der Waals surface area contributed by atoms with E-state index in [-0.39, 0.29) is 13.1 Å². The highest BCUT2D eigenvalue weighted by molar-refractivity contribution is 6.09. The number of urea groups is 1. The first kappa shape index (κ1) is 20.2. The SMILES string of the molecule is COc1cccc(CNC(=O)CN2C(=O)N[C@@](C)(c3cccc(OC)c3)C2=O)c1. The van der Waals surface area contributed by atoms with Gasteiger partial charge in [-0.1, -0.05) is 24.3 Å². The number of hydrogen-bond donors (Lipinski definition) is 2. The van der Waals surface area contributed by atoms with Crippen molar-refractivity contribution in [2.45, 2.75) is 19.0 Å². The van der Waals surface area contributed by atoms with Crippen LogP contribution >= 0.6 is 0 Å². The molecule has 1 aliphatic rings. The molecule has 29 heavy (non-hydrogen) atoms. The molecule has 0 bridgehead atoms. The van der Waals surface area contributed by atoms with Crippen molar-refractivity contribution in [1.29, 1.82) is 0 Å². The van der Waals surface area contributed by atoms with Gasteiger partial charge in [-0.3, -0.25) is 14.5 Å². The lowest BCUT2D eigenvalue weighted by atomic mass is 9.92. The Bertz CT molecular complexity index is 945. The minimum atomic E-state index is -1.27. The maximum atomic E-state index is 12.9. The van der Waals surface area contributed by atoms with Crippen molar-refractivity contribution in [3.05, 3.63) is 59.7 Å². The molecule has 8 nitrogen and oxygen atoms in total. The molecule has 1 heterocycles. The molecule has 1 aliphatic heterocycles. The van der Waals surface area contributed by atoms with Crippen molar-refractivity contribution >= 4 is 17.8 Å². The first-order valence-corrected chi connectivity index (χ1v) is 9.05. The lowest BCUT2D eigenvalue weighted by Gasteiger charge is -2.22. The Hall–Kier alpha value is -3.55. The number of rotatable bonds is 7. The Balaban J connectivity index is 1.67. The molecule has 2 aromatic rings. The van der Waals surface area contributed by atoms with Crippen LogP contribution in [0, 0.1) is 0 Å². The maximum absolute atomic E-state index is 12.9. The van der Waals surface area contributed by atoms with Gasteiger partial charge in [0.15, 0.2) is 0 Å². The molecular formula is C21H23N3O5. The van der Waals surface area contributed by atoms with Crippen molar-refractivity contribution in [1.82, 2.24) is 15.5 Å². The maximum Gasteiger partial charge on any atom is 0.325 e. The van der Waals surface area contributed by atoms with Gasteiger partial charge in [-0.15, -0.1) is 0 Å². The van der Waals surface area contributed by atoms with Crippen LogP contribution in [0.15, 0.2) is 48.5 Å². The number of methoxy groups -OCH3 is 2. The van der Waals surface area contributed by atoms with Crippen LogP contribution in [-0.4, -0.2) is 43.5 Å². The molecule has 1 atom stereocenters. The van der Waals surface area contributed by atoms with Crippen LogP contribution in [-0.2, 0) is 21.7 Å². The number of amides is 4. The van der Waals surface area contributed by atoms with E-state index in [2.05, 4.69) is 10.6 Å². The zero-order chi connectivity index (χ0) is 21.0. The molecule has 1 fully saturated rings. The molecule has 0 spiro atoms. The fourth-order valence-corrected chi connectivity index (χ4v) is 3.15. The average Bonchev–Trinajstić information content (AvgIpc) is 2.96. The van der Waals surface area contributed by atoms with Gasteiger partial charge in [0.1, 0.15) is 23.6 Å². The Kier molecular flexibility index (Phi) is 5.72. The molecule has 2 aromatic carbocycles. The first-order valence-electron chi connectivity index (χ1n) is 9.05.